The van der Waals surface area contributed by atoms with Gasteiger partial charge in [0.15, 0.2) is 0 Å². The summed E-state index contributed by atoms with van der Waals surface area (Å²) in [4.78, 5) is 6.10. The van der Waals surface area contributed by atoms with Crippen LogP contribution >= 0.6 is 23.4 Å². The van der Waals surface area contributed by atoms with E-state index in [0.29, 0.717) is 6.04 Å². The second-order valence-corrected chi connectivity index (χ2v) is 9.99. The van der Waals surface area contributed by atoms with E-state index in [0.717, 1.165) is 30.3 Å². The number of hydrogen-bond donors (Lipinski definition) is 2. The summed E-state index contributed by atoms with van der Waals surface area (Å²) in [5, 5.41) is 0.840. The van der Waals surface area contributed by atoms with Gasteiger partial charge < -0.3 is 14.5 Å². The van der Waals surface area contributed by atoms with E-state index < -0.39 is 0 Å². The molecular weight excluding hydrogens is 424 g/mol. The number of para-hydroxylation sites is 1. The van der Waals surface area contributed by atoms with Gasteiger partial charge in [0.1, 0.15) is 51.1 Å². The molecule has 31 heavy (non-hydrogen) atoms. The summed E-state index contributed by atoms with van der Waals surface area (Å²) in [5.41, 5.74) is 2.88. The molecule has 5 heteroatoms. The molecule has 0 aromatic heterocycles. The zero-order chi connectivity index (χ0) is 21.0. The predicted octanol–water partition coefficient (Wildman–Crippen LogP) is 2.95. The van der Waals surface area contributed by atoms with Crippen molar-refractivity contribution in [1.29, 1.82) is 0 Å². The maximum absolute atomic E-state index is 6.36. The van der Waals surface area contributed by atoms with Gasteiger partial charge in [-0.2, -0.15) is 0 Å². The van der Waals surface area contributed by atoms with E-state index in [2.05, 4.69) is 36.4 Å². The highest BCUT2D eigenvalue weighted by Gasteiger charge is 2.34. The molecule has 0 saturated carbocycles. The Hall–Kier alpha value is -1.98. The lowest BCUT2D eigenvalue weighted by atomic mass is 9.96. The van der Waals surface area contributed by atoms with Crippen molar-refractivity contribution >= 4 is 23.4 Å². The molecule has 2 aliphatic heterocycles. The molecule has 2 aliphatic rings. The number of fused-ring (bicyclic) bond motifs is 2. The number of nitrogens with one attached hydrogen (secondary N) is 2. The minimum Gasteiger partial charge on any atom is -0.488 e. The minimum absolute atomic E-state index is 0.491. The Morgan fingerprint density at radius 2 is 1.65 bits per heavy atom. The fraction of sp³-hybridized carbons (Fsp3) is 0.308. The van der Waals surface area contributed by atoms with Crippen LogP contribution in [0.5, 0.6) is 5.75 Å². The lowest BCUT2D eigenvalue weighted by Gasteiger charge is -2.35. The minimum atomic E-state index is 0.491. The largest absolute Gasteiger partial charge is 0.488 e. The predicted molar refractivity (Wildman–Crippen MR) is 127 cm³/mol. The molecule has 2 N–H and O–H groups in total. The molecule has 1 fully saturated rings. The first-order valence-corrected chi connectivity index (χ1v) is 12.4. The van der Waals surface area contributed by atoms with Crippen molar-refractivity contribution in [2.24, 2.45) is 0 Å². The zero-order valence-corrected chi connectivity index (χ0v) is 19.2. The van der Waals surface area contributed by atoms with Crippen molar-refractivity contribution in [3.8, 4) is 5.75 Å². The molecule has 1 saturated heterocycles. The smallest absolute Gasteiger partial charge is 0.137 e. The summed E-state index contributed by atoms with van der Waals surface area (Å²) in [6.07, 6.45) is 1.06. The maximum atomic E-state index is 6.36. The molecule has 1 atom stereocenters. The highest BCUT2D eigenvalue weighted by Crippen LogP contribution is 2.40. The average Bonchev–Trinajstić information content (AvgIpc) is 2.97. The van der Waals surface area contributed by atoms with Gasteiger partial charge in [-0.25, -0.2) is 0 Å². The third-order valence-electron chi connectivity index (χ3n) is 6.52. The van der Waals surface area contributed by atoms with E-state index in [1.165, 1.54) is 47.1 Å². The number of ether oxygens (including phenoxy) is 1. The van der Waals surface area contributed by atoms with E-state index in [1.54, 1.807) is 9.80 Å². The Bertz CT molecular complexity index is 1020. The molecule has 3 aromatic rings. The van der Waals surface area contributed by atoms with Gasteiger partial charge in [0.2, 0.25) is 0 Å². The second-order valence-electron chi connectivity index (χ2n) is 8.47. The van der Waals surface area contributed by atoms with Crippen LogP contribution in [-0.2, 0) is 6.42 Å². The highest BCUT2D eigenvalue weighted by molar-refractivity contribution is 7.99. The first-order valence-electron chi connectivity index (χ1n) is 11.2. The summed E-state index contributed by atoms with van der Waals surface area (Å²) < 4.78 is 5.92. The van der Waals surface area contributed by atoms with E-state index in [4.69, 9.17) is 16.3 Å². The van der Waals surface area contributed by atoms with Gasteiger partial charge in [0.05, 0.1) is 0 Å². The van der Waals surface area contributed by atoms with Crippen LogP contribution in [0.25, 0.3) is 0 Å². The number of hydrogen-bond acceptors (Lipinski definition) is 2. The molecule has 0 aliphatic carbocycles. The molecule has 0 radical (unpaired) electrons. The van der Waals surface area contributed by atoms with Gasteiger partial charge in [-0.05, 0) is 42.0 Å². The molecule has 0 unspecified atom stereocenters. The standard InChI is InChI=1S/C26H27ClN2OS/c27-21-10-11-25-20(18-21)19-24(23-8-4-5-9-26(23)31-25)29-14-12-28(13-15-29)16-17-30-22-6-2-1-3-7-22/h1-11,18,24H,12-17,19H2/p+2/t24-/m0/s1. The van der Waals surface area contributed by atoms with Gasteiger partial charge in [-0.3, -0.25) is 0 Å². The molecule has 0 bridgehead atoms. The van der Waals surface area contributed by atoms with Crippen LogP contribution in [-0.4, -0.2) is 39.3 Å². The molecule has 3 nitrogen and oxygen atoms in total. The second kappa shape index (κ2) is 9.66. The zero-order valence-electron chi connectivity index (χ0n) is 17.6. The van der Waals surface area contributed by atoms with E-state index in [1.807, 2.05) is 48.2 Å². The Morgan fingerprint density at radius 3 is 2.48 bits per heavy atom. The Labute approximate surface area is 194 Å². The third kappa shape index (κ3) is 4.93. The summed E-state index contributed by atoms with van der Waals surface area (Å²) in [6, 6.07) is 26.0. The summed E-state index contributed by atoms with van der Waals surface area (Å²) in [6.45, 7) is 6.63. The third-order valence-corrected chi connectivity index (χ3v) is 7.97. The van der Waals surface area contributed by atoms with Crippen molar-refractivity contribution in [1.82, 2.24) is 0 Å². The van der Waals surface area contributed by atoms with Gasteiger partial charge >= 0.3 is 0 Å². The van der Waals surface area contributed by atoms with Crippen LogP contribution in [0, 0.1) is 0 Å². The molecule has 5 rings (SSSR count). The van der Waals surface area contributed by atoms with Crippen molar-refractivity contribution in [3.63, 3.8) is 0 Å². The first-order chi connectivity index (χ1) is 15.3. The van der Waals surface area contributed by atoms with Gasteiger partial charge in [-0.15, -0.1) is 0 Å². The number of benzene rings is 3. The lowest BCUT2D eigenvalue weighted by Crippen LogP contribution is -3.28. The SMILES string of the molecule is Clc1ccc2c(c1)C[C@H]([NH+]1CC[NH+](CCOc3ccccc3)CC1)c1ccccc1S2. The van der Waals surface area contributed by atoms with Crippen LogP contribution in [0.4, 0.5) is 0 Å². The maximum Gasteiger partial charge on any atom is 0.137 e. The van der Waals surface area contributed by atoms with E-state index in [-0.39, 0.29) is 0 Å². The van der Waals surface area contributed by atoms with E-state index >= 15 is 0 Å². The van der Waals surface area contributed by atoms with Crippen LogP contribution in [0.2, 0.25) is 5.02 Å². The number of piperazine rings is 1. The topological polar surface area (TPSA) is 18.1 Å². The van der Waals surface area contributed by atoms with Crippen LogP contribution in [0.3, 0.4) is 0 Å². The summed E-state index contributed by atoms with van der Waals surface area (Å²) in [7, 11) is 0. The molecular formula is C26H29ClN2OS+2. The van der Waals surface area contributed by atoms with Crippen molar-refractivity contribution in [3.05, 3.63) is 88.9 Å². The van der Waals surface area contributed by atoms with Crippen LogP contribution < -0.4 is 14.5 Å². The number of rotatable bonds is 5. The van der Waals surface area contributed by atoms with Crippen molar-refractivity contribution in [2.45, 2.75) is 22.3 Å². The first kappa shape index (κ1) is 20.9. The molecule has 2 heterocycles. The fourth-order valence-corrected chi connectivity index (χ4v) is 6.15. The van der Waals surface area contributed by atoms with Crippen molar-refractivity contribution < 1.29 is 14.5 Å². The average molecular weight is 453 g/mol. The van der Waals surface area contributed by atoms with Gasteiger partial charge in [0.25, 0.3) is 0 Å². The van der Waals surface area contributed by atoms with Crippen LogP contribution in [0.15, 0.2) is 82.6 Å². The Balaban J connectivity index is 1.25. The highest BCUT2D eigenvalue weighted by atomic mass is 35.5. The lowest BCUT2D eigenvalue weighted by molar-refractivity contribution is -1.03. The van der Waals surface area contributed by atoms with Gasteiger partial charge in [0, 0.05) is 26.8 Å². The summed E-state index contributed by atoms with van der Waals surface area (Å²) >= 11 is 8.25. The monoisotopic (exact) mass is 452 g/mol. The Kier molecular flexibility index (Phi) is 6.51. The quantitative estimate of drug-likeness (QED) is 0.620. The summed E-state index contributed by atoms with van der Waals surface area (Å²) in [5.74, 6) is 0.969. The molecule has 160 valence electrons. The normalized spacial score (nSPS) is 22.8. The fourth-order valence-electron chi connectivity index (χ4n) is 4.83. The number of quaternary nitrogens is 2. The molecule has 3 aromatic carbocycles. The van der Waals surface area contributed by atoms with Gasteiger partial charge in [-0.1, -0.05) is 59.8 Å². The van der Waals surface area contributed by atoms with Crippen LogP contribution in [0.1, 0.15) is 17.2 Å². The number of halogens is 1. The molecule has 0 spiro atoms. The van der Waals surface area contributed by atoms with E-state index in [9.17, 15) is 0 Å². The van der Waals surface area contributed by atoms with Crippen molar-refractivity contribution in [2.75, 3.05) is 39.3 Å². The molecule has 0 amide bonds. The Morgan fingerprint density at radius 1 is 0.871 bits per heavy atom.